The van der Waals surface area contributed by atoms with E-state index in [9.17, 15) is 14.4 Å². The van der Waals surface area contributed by atoms with Crippen molar-refractivity contribution in [1.29, 1.82) is 0 Å². The third-order valence-corrected chi connectivity index (χ3v) is 6.75. The van der Waals surface area contributed by atoms with Crippen molar-refractivity contribution in [3.8, 4) is 0 Å². The van der Waals surface area contributed by atoms with Crippen LogP contribution in [-0.2, 0) is 11.3 Å². The molecular weight excluding hydrogens is 502 g/mol. The molecule has 0 fully saturated rings. The number of aromatic nitrogens is 2. The lowest BCUT2D eigenvalue weighted by Gasteiger charge is -2.17. The average molecular weight is 528 g/mol. The predicted octanol–water partition coefficient (Wildman–Crippen LogP) is 4.54. The molecule has 196 valence electrons. The van der Waals surface area contributed by atoms with Crippen LogP contribution in [0.25, 0.3) is 17.7 Å². The fourth-order valence-corrected chi connectivity index (χ4v) is 4.79. The summed E-state index contributed by atoms with van der Waals surface area (Å²) in [7, 11) is 0. The van der Waals surface area contributed by atoms with Gasteiger partial charge in [-0.15, -0.1) is 0 Å². The van der Waals surface area contributed by atoms with Crippen LogP contribution in [0.15, 0.2) is 108 Å². The van der Waals surface area contributed by atoms with Gasteiger partial charge in [-0.2, -0.15) is 0 Å². The molecule has 2 aromatic carbocycles. The molecule has 3 N–H and O–H groups in total. The van der Waals surface area contributed by atoms with E-state index in [1.807, 2.05) is 66.8 Å². The highest BCUT2D eigenvalue weighted by Crippen LogP contribution is 2.37. The molecule has 2 aliphatic heterocycles. The molecule has 0 aliphatic carbocycles. The smallest absolute Gasteiger partial charge is 0.263 e. The van der Waals surface area contributed by atoms with E-state index in [1.165, 1.54) is 10.6 Å². The quantitative estimate of drug-likeness (QED) is 0.320. The minimum absolute atomic E-state index is 0.0774. The maximum Gasteiger partial charge on any atom is 0.263 e. The molecule has 8 heteroatoms. The molecule has 2 amide bonds. The van der Waals surface area contributed by atoms with Crippen molar-refractivity contribution in [3.05, 3.63) is 141 Å². The zero-order valence-corrected chi connectivity index (χ0v) is 21.4. The molecule has 6 rings (SSSR count). The summed E-state index contributed by atoms with van der Waals surface area (Å²) in [5.74, 6) is -0.603. The number of nitrogens with one attached hydrogen (secondary N) is 3. The van der Waals surface area contributed by atoms with E-state index in [-0.39, 0.29) is 23.6 Å². The van der Waals surface area contributed by atoms with Gasteiger partial charge in [0.25, 0.3) is 17.4 Å². The Labute approximate surface area is 230 Å². The van der Waals surface area contributed by atoms with E-state index >= 15 is 0 Å². The number of para-hydroxylation sites is 1. The van der Waals surface area contributed by atoms with Crippen molar-refractivity contribution in [3.63, 3.8) is 0 Å². The molecule has 40 heavy (non-hydrogen) atoms. The first-order valence-corrected chi connectivity index (χ1v) is 12.8. The van der Waals surface area contributed by atoms with Gasteiger partial charge in [0, 0.05) is 42.1 Å². The molecular formula is C32H25N5O3. The lowest BCUT2D eigenvalue weighted by Crippen LogP contribution is -2.33. The van der Waals surface area contributed by atoms with Crippen molar-refractivity contribution in [1.82, 2.24) is 14.9 Å². The van der Waals surface area contributed by atoms with Crippen LogP contribution in [-0.4, -0.2) is 27.9 Å². The zero-order valence-electron chi connectivity index (χ0n) is 21.4. The van der Waals surface area contributed by atoms with Crippen LogP contribution < -0.4 is 21.5 Å². The summed E-state index contributed by atoms with van der Waals surface area (Å²) in [5.41, 5.74) is 6.39. The number of hydrogen-bond donors (Lipinski definition) is 3. The average Bonchev–Trinajstić information content (AvgIpc) is 3.31. The number of carbonyl (C=O) groups excluding carboxylic acids is 2. The standard InChI is InChI=1S/C32H25N5O3/c38-30(25-9-5-17-37(32(25)40)20-22-7-3-15-33-19-22)34-16-4-6-21-11-13-24-28(18-21)36-31(39)29(24)27-14-12-23-8-1-2-10-26(23)35-27/h1-15,17-19,35H,16,20H2,(H,34,38)(H,36,39)/b6-4+,29-27-. The Morgan fingerprint density at radius 1 is 0.950 bits per heavy atom. The van der Waals surface area contributed by atoms with Gasteiger partial charge in [-0.1, -0.05) is 54.6 Å². The van der Waals surface area contributed by atoms with E-state index in [2.05, 4.69) is 20.9 Å². The van der Waals surface area contributed by atoms with Crippen LogP contribution in [0.4, 0.5) is 11.4 Å². The van der Waals surface area contributed by atoms with E-state index in [0.717, 1.165) is 39.3 Å². The van der Waals surface area contributed by atoms with Gasteiger partial charge in [0.05, 0.1) is 17.8 Å². The van der Waals surface area contributed by atoms with Crippen molar-refractivity contribution < 1.29 is 9.59 Å². The highest BCUT2D eigenvalue weighted by molar-refractivity contribution is 6.33. The predicted molar refractivity (Wildman–Crippen MR) is 156 cm³/mol. The fraction of sp³-hybridized carbons (Fsp3) is 0.0625. The Morgan fingerprint density at radius 3 is 2.73 bits per heavy atom. The summed E-state index contributed by atoms with van der Waals surface area (Å²) < 4.78 is 1.49. The first-order valence-electron chi connectivity index (χ1n) is 12.8. The second-order valence-corrected chi connectivity index (χ2v) is 9.42. The summed E-state index contributed by atoms with van der Waals surface area (Å²) in [6.45, 7) is 0.573. The second kappa shape index (κ2) is 10.7. The third kappa shape index (κ3) is 4.98. The lowest BCUT2D eigenvalue weighted by molar-refractivity contribution is -0.110. The number of allylic oxidation sites excluding steroid dienone is 1. The molecule has 0 radical (unpaired) electrons. The maximum atomic E-state index is 12.8. The number of carbonyl (C=O) groups is 2. The zero-order chi connectivity index (χ0) is 27.5. The number of pyridine rings is 2. The van der Waals surface area contributed by atoms with Crippen molar-refractivity contribution in [2.75, 3.05) is 17.2 Å². The molecule has 0 atom stereocenters. The topological polar surface area (TPSA) is 105 Å². The summed E-state index contributed by atoms with van der Waals surface area (Å²) in [5, 5.41) is 9.09. The van der Waals surface area contributed by atoms with Gasteiger partial charge in [-0.3, -0.25) is 19.4 Å². The largest absolute Gasteiger partial charge is 0.354 e. The Morgan fingerprint density at radius 2 is 1.85 bits per heavy atom. The molecule has 0 saturated heterocycles. The van der Waals surface area contributed by atoms with E-state index in [0.29, 0.717) is 12.1 Å². The maximum absolute atomic E-state index is 12.8. The normalized spacial score (nSPS) is 15.3. The third-order valence-electron chi connectivity index (χ3n) is 6.75. The van der Waals surface area contributed by atoms with Gasteiger partial charge < -0.3 is 20.5 Å². The molecule has 4 heterocycles. The molecule has 2 aliphatic rings. The Balaban J connectivity index is 1.12. The van der Waals surface area contributed by atoms with Crippen LogP contribution in [0.2, 0.25) is 0 Å². The monoisotopic (exact) mass is 527 g/mol. The number of fused-ring (bicyclic) bond motifs is 2. The van der Waals surface area contributed by atoms with Gasteiger partial charge >= 0.3 is 0 Å². The molecule has 0 bridgehead atoms. The van der Waals surface area contributed by atoms with Crippen LogP contribution in [0, 0.1) is 0 Å². The summed E-state index contributed by atoms with van der Waals surface area (Å²) in [6, 6.07) is 20.5. The highest BCUT2D eigenvalue weighted by Gasteiger charge is 2.28. The number of amides is 2. The number of rotatable bonds is 6. The van der Waals surface area contributed by atoms with Crippen molar-refractivity contribution in [2.24, 2.45) is 0 Å². The van der Waals surface area contributed by atoms with Crippen molar-refractivity contribution >= 4 is 40.9 Å². The minimum atomic E-state index is -0.442. The minimum Gasteiger partial charge on any atom is -0.354 e. The van der Waals surface area contributed by atoms with Gasteiger partial charge in [0.2, 0.25) is 0 Å². The molecule has 4 aromatic rings. The van der Waals surface area contributed by atoms with Crippen LogP contribution >= 0.6 is 0 Å². The van der Waals surface area contributed by atoms with Crippen LogP contribution in [0.5, 0.6) is 0 Å². The van der Waals surface area contributed by atoms with Gasteiger partial charge in [0.1, 0.15) is 5.56 Å². The van der Waals surface area contributed by atoms with Gasteiger partial charge in [-0.25, -0.2) is 0 Å². The van der Waals surface area contributed by atoms with E-state index in [4.69, 9.17) is 0 Å². The Kier molecular flexibility index (Phi) is 6.64. The Hall–Kier alpha value is -5.50. The SMILES string of the molecule is O=C1Nc2cc(/C=C/CNC(=O)c3cccn(Cc4cccnc4)c3=O)ccc2/C1=C1\C=Cc2ccccc2N1. The second-order valence-electron chi connectivity index (χ2n) is 9.42. The molecule has 8 nitrogen and oxygen atoms in total. The molecule has 0 saturated carbocycles. The molecule has 0 spiro atoms. The van der Waals surface area contributed by atoms with E-state index in [1.54, 1.807) is 36.8 Å². The van der Waals surface area contributed by atoms with Gasteiger partial charge in [-0.05, 0) is 53.1 Å². The summed E-state index contributed by atoms with van der Waals surface area (Å²) in [6.07, 6.45) is 12.6. The lowest BCUT2D eigenvalue weighted by atomic mass is 10.00. The molecule has 0 unspecified atom stereocenters. The van der Waals surface area contributed by atoms with Crippen molar-refractivity contribution in [2.45, 2.75) is 6.54 Å². The summed E-state index contributed by atoms with van der Waals surface area (Å²) >= 11 is 0. The molecule has 2 aromatic heterocycles. The number of hydrogen-bond acceptors (Lipinski definition) is 5. The van der Waals surface area contributed by atoms with Crippen LogP contribution in [0.3, 0.4) is 0 Å². The van der Waals surface area contributed by atoms with E-state index < -0.39 is 5.91 Å². The number of nitrogens with zero attached hydrogens (tertiary/aromatic N) is 2. The first-order chi connectivity index (χ1) is 19.6. The summed E-state index contributed by atoms with van der Waals surface area (Å²) in [4.78, 5) is 42.4. The number of anilines is 2. The highest BCUT2D eigenvalue weighted by atomic mass is 16.2. The first kappa shape index (κ1) is 24.8. The number of benzene rings is 2. The van der Waals surface area contributed by atoms with Crippen LogP contribution in [0.1, 0.15) is 32.6 Å². The van der Waals surface area contributed by atoms with Gasteiger partial charge in [0.15, 0.2) is 0 Å². The fourth-order valence-electron chi connectivity index (χ4n) is 4.79. The Bertz CT molecular complexity index is 1780.